The van der Waals surface area contributed by atoms with Crippen LogP contribution in [0.15, 0.2) is 58.8 Å². The molecule has 0 atom stereocenters. The molecule has 90 valence electrons. The second kappa shape index (κ2) is 4.80. The molecule has 0 radical (unpaired) electrons. The Morgan fingerprint density at radius 3 is 2.83 bits per heavy atom. The number of imidazole rings is 1. The molecule has 0 aliphatic heterocycles. The van der Waals surface area contributed by atoms with E-state index in [1.807, 2.05) is 47.0 Å². The maximum absolute atomic E-state index is 5.82. The van der Waals surface area contributed by atoms with Crippen molar-refractivity contribution < 1.29 is 0 Å². The van der Waals surface area contributed by atoms with Crippen molar-refractivity contribution >= 4 is 17.4 Å². The first-order valence-electron chi connectivity index (χ1n) is 5.63. The van der Waals surface area contributed by atoms with Gasteiger partial charge in [0.05, 0.1) is 5.69 Å². The van der Waals surface area contributed by atoms with Gasteiger partial charge >= 0.3 is 0 Å². The van der Waals surface area contributed by atoms with Crippen molar-refractivity contribution in [2.45, 2.75) is 16.6 Å². The molecule has 4 nitrogen and oxygen atoms in total. The molecule has 0 saturated carbocycles. The number of pyridine rings is 2. The monoisotopic (exact) mass is 256 g/mol. The molecule has 3 heterocycles. The van der Waals surface area contributed by atoms with Crippen LogP contribution in [0.4, 0.5) is 0 Å². The summed E-state index contributed by atoms with van der Waals surface area (Å²) in [5.41, 5.74) is 7.75. The summed E-state index contributed by atoms with van der Waals surface area (Å²) in [4.78, 5) is 8.88. The quantitative estimate of drug-likeness (QED) is 0.781. The van der Waals surface area contributed by atoms with Crippen molar-refractivity contribution in [3.05, 3.63) is 54.5 Å². The summed E-state index contributed by atoms with van der Waals surface area (Å²) in [5, 5.41) is 1.85. The third-order valence-corrected chi connectivity index (χ3v) is 3.60. The number of fused-ring (bicyclic) bond motifs is 1. The van der Waals surface area contributed by atoms with E-state index in [2.05, 4.69) is 9.97 Å². The molecule has 3 aromatic rings. The third-order valence-electron chi connectivity index (χ3n) is 2.62. The summed E-state index contributed by atoms with van der Waals surface area (Å²) in [6.45, 7) is 0.459. The van der Waals surface area contributed by atoms with E-state index < -0.39 is 0 Å². The SMILES string of the molecule is NCc1c(Sc2ccccn2)nc2ccccn12. The van der Waals surface area contributed by atoms with Crippen LogP contribution in [0, 0.1) is 0 Å². The van der Waals surface area contributed by atoms with Gasteiger partial charge in [-0.1, -0.05) is 12.1 Å². The first-order valence-corrected chi connectivity index (χ1v) is 6.45. The maximum atomic E-state index is 5.82. The Bertz CT molecular complexity index is 663. The van der Waals surface area contributed by atoms with Gasteiger partial charge < -0.3 is 10.1 Å². The first-order chi connectivity index (χ1) is 8.88. The van der Waals surface area contributed by atoms with E-state index in [4.69, 9.17) is 5.73 Å². The summed E-state index contributed by atoms with van der Waals surface area (Å²) >= 11 is 1.54. The summed E-state index contributed by atoms with van der Waals surface area (Å²) in [7, 11) is 0. The highest BCUT2D eigenvalue weighted by Crippen LogP contribution is 2.28. The molecule has 0 unspecified atom stereocenters. The van der Waals surface area contributed by atoms with Crippen molar-refractivity contribution in [1.29, 1.82) is 0 Å². The molecular formula is C13H12N4S. The van der Waals surface area contributed by atoms with Gasteiger partial charge in [-0.05, 0) is 36.0 Å². The Kier molecular flexibility index (Phi) is 3.00. The third kappa shape index (κ3) is 1.98. The van der Waals surface area contributed by atoms with Crippen molar-refractivity contribution in [2.75, 3.05) is 0 Å². The number of hydrogen-bond acceptors (Lipinski definition) is 4. The molecule has 0 fully saturated rings. The standard InChI is InChI=1S/C13H12N4S/c14-9-10-13(18-12-6-1-3-7-15-12)16-11-5-2-4-8-17(10)11/h1-8H,9,14H2. The minimum atomic E-state index is 0.459. The molecule has 0 bridgehead atoms. The number of nitrogens with zero attached hydrogens (tertiary/aromatic N) is 3. The summed E-state index contributed by atoms with van der Waals surface area (Å²) in [6, 6.07) is 11.8. The molecule has 0 saturated heterocycles. The predicted octanol–water partition coefficient (Wildman–Crippen LogP) is 2.34. The molecule has 0 aromatic carbocycles. The summed E-state index contributed by atoms with van der Waals surface area (Å²) < 4.78 is 2.02. The highest BCUT2D eigenvalue weighted by atomic mass is 32.2. The van der Waals surface area contributed by atoms with E-state index in [-0.39, 0.29) is 0 Å². The predicted molar refractivity (Wildman–Crippen MR) is 71.4 cm³/mol. The highest BCUT2D eigenvalue weighted by molar-refractivity contribution is 7.99. The zero-order valence-electron chi connectivity index (χ0n) is 9.65. The maximum Gasteiger partial charge on any atom is 0.138 e. The number of rotatable bonds is 3. The lowest BCUT2D eigenvalue weighted by Crippen LogP contribution is -2.01. The second-order valence-corrected chi connectivity index (χ2v) is 4.78. The van der Waals surface area contributed by atoms with E-state index >= 15 is 0 Å². The topological polar surface area (TPSA) is 56.2 Å². The largest absolute Gasteiger partial charge is 0.325 e. The van der Waals surface area contributed by atoms with Gasteiger partial charge in [-0.25, -0.2) is 9.97 Å². The van der Waals surface area contributed by atoms with Gasteiger partial charge in [0.2, 0.25) is 0 Å². The van der Waals surface area contributed by atoms with Crippen LogP contribution in [0.1, 0.15) is 5.69 Å². The lowest BCUT2D eigenvalue weighted by Gasteiger charge is -2.00. The minimum absolute atomic E-state index is 0.459. The van der Waals surface area contributed by atoms with E-state index in [1.54, 1.807) is 18.0 Å². The molecule has 0 aliphatic rings. The lowest BCUT2D eigenvalue weighted by molar-refractivity contribution is 0.919. The van der Waals surface area contributed by atoms with E-state index in [9.17, 15) is 0 Å². The van der Waals surface area contributed by atoms with Gasteiger partial charge in [-0.3, -0.25) is 0 Å². The van der Waals surface area contributed by atoms with Gasteiger partial charge in [0.15, 0.2) is 0 Å². The fourth-order valence-corrected chi connectivity index (χ4v) is 2.70. The number of hydrogen-bond donors (Lipinski definition) is 1. The van der Waals surface area contributed by atoms with Gasteiger partial charge in [0.25, 0.3) is 0 Å². The van der Waals surface area contributed by atoms with Crippen LogP contribution in [-0.4, -0.2) is 14.4 Å². The number of nitrogens with two attached hydrogens (primary N) is 1. The molecule has 2 N–H and O–H groups in total. The summed E-state index contributed by atoms with van der Waals surface area (Å²) in [6.07, 6.45) is 3.76. The molecular weight excluding hydrogens is 244 g/mol. The average Bonchev–Trinajstić information content (AvgIpc) is 2.77. The average molecular weight is 256 g/mol. The molecule has 5 heteroatoms. The molecule has 18 heavy (non-hydrogen) atoms. The highest BCUT2D eigenvalue weighted by Gasteiger charge is 2.11. The Hall–Kier alpha value is -1.85. The number of aromatic nitrogens is 3. The molecule has 3 rings (SSSR count). The van der Waals surface area contributed by atoms with Crippen molar-refractivity contribution in [2.24, 2.45) is 5.73 Å². The van der Waals surface area contributed by atoms with Crippen molar-refractivity contribution in [3.63, 3.8) is 0 Å². The molecule has 0 spiro atoms. The van der Waals surface area contributed by atoms with E-state index in [1.165, 1.54) is 0 Å². The molecule has 0 aliphatic carbocycles. The Morgan fingerprint density at radius 1 is 1.17 bits per heavy atom. The minimum Gasteiger partial charge on any atom is -0.325 e. The van der Waals surface area contributed by atoms with E-state index in [0.717, 1.165) is 21.4 Å². The second-order valence-electron chi connectivity index (χ2n) is 3.77. The normalized spacial score (nSPS) is 10.9. The van der Waals surface area contributed by atoms with Crippen LogP contribution < -0.4 is 5.73 Å². The van der Waals surface area contributed by atoms with Crippen LogP contribution in [0.25, 0.3) is 5.65 Å². The van der Waals surface area contributed by atoms with E-state index in [0.29, 0.717) is 6.54 Å². The van der Waals surface area contributed by atoms with Crippen LogP contribution in [-0.2, 0) is 6.54 Å². The lowest BCUT2D eigenvalue weighted by atomic mass is 10.4. The van der Waals surface area contributed by atoms with Gasteiger partial charge in [-0.15, -0.1) is 0 Å². The van der Waals surface area contributed by atoms with Gasteiger partial charge in [-0.2, -0.15) is 0 Å². The zero-order chi connectivity index (χ0) is 12.4. The van der Waals surface area contributed by atoms with Gasteiger partial charge in [0.1, 0.15) is 15.7 Å². The fourth-order valence-electron chi connectivity index (χ4n) is 1.80. The molecule has 0 amide bonds. The summed E-state index contributed by atoms with van der Waals surface area (Å²) in [5.74, 6) is 0. The van der Waals surface area contributed by atoms with Crippen molar-refractivity contribution in [1.82, 2.24) is 14.4 Å². The Labute approximate surface area is 109 Å². The smallest absolute Gasteiger partial charge is 0.138 e. The Balaban J connectivity index is 2.06. The van der Waals surface area contributed by atoms with Crippen molar-refractivity contribution in [3.8, 4) is 0 Å². The Morgan fingerprint density at radius 2 is 2.06 bits per heavy atom. The molecule has 3 aromatic heterocycles. The van der Waals surface area contributed by atoms with Gasteiger partial charge in [0, 0.05) is 18.9 Å². The van der Waals surface area contributed by atoms with Crippen LogP contribution in [0.5, 0.6) is 0 Å². The van der Waals surface area contributed by atoms with Crippen LogP contribution in [0.2, 0.25) is 0 Å². The zero-order valence-corrected chi connectivity index (χ0v) is 10.5. The van der Waals surface area contributed by atoms with Crippen LogP contribution in [0.3, 0.4) is 0 Å². The van der Waals surface area contributed by atoms with Crippen LogP contribution >= 0.6 is 11.8 Å². The fraction of sp³-hybridized carbons (Fsp3) is 0.0769. The first kappa shape index (κ1) is 11.3.